The SMILES string of the molecule is CC(C)NC(C(=O)C(C)CC(=O)NC=O)C1CCC1. The monoisotopic (exact) mass is 268 g/mol. The van der Waals surface area contributed by atoms with E-state index in [0.29, 0.717) is 12.3 Å². The van der Waals surface area contributed by atoms with Crippen molar-refractivity contribution < 1.29 is 14.4 Å². The molecule has 2 unspecified atom stereocenters. The van der Waals surface area contributed by atoms with Gasteiger partial charge in [0, 0.05) is 18.4 Å². The Labute approximate surface area is 114 Å². The lowest BCUT2D eigenvalue weighted by molar-refractivity contribution is -0.132. The molecule has 0 radical (unpaired) electrons. The summed E-state index contributed by atoms with van der Waals surface area (Å²) in [5.74, 6) is -0.282. The number of hydrogen-bond donors (Lipinski definition) is 2. The fourth-order valence-corrected chi connectivity index (χ4v) is 2.39. The molecule has 0 aromatic rings. The average molecular weight is 268 g/mol. The lowest BCUT2D eigenvalue weighted by Gasteiger charge is -2.35. The number of amides is 2. The number of hydrogen-bond acceptors (Lipinski definition) is 4. The molecule has 1 aliphatic carbocycles. The second kappa shape index (κ2) is 7.38. The van der Waals surface area contributed by atoms with Crippen LogP contribution < -0.4 is 10.6 Å². The Bertz CT molecular complexity index is 338. The lowest BCUT2D eigenvalue weighted by Crippen LogP contribution is -2.50. The molecule has 1 saturated carbocycles. The zero-order chi connectivity index (χ0) is 14.4. The summed E-state index contributed by atoms with van der Waals surface area (Å²) in [6.45, 7) is 5.78. The molecule has 2 amide bonds. The summed E-state index contributed by atoms with van der Waals surface area (Å²) >= 11 is 0. The van der Waals surface area contributed by atoms with Gasteiger partial charge in [-0.25, -0.2) is 0 Å². The molecule has 1 fully saturated rings. The van der Waals surface area contributed by atoms with E-state index >= 15 is 0 Å². The first kappa shape index (κ1) is 15.8. The quantitative estimate of drug-likeness (QED) is 0.645. The van der Waals surface area contributed by atoms with Crippen molar-refractivity contribution in [2.24, 2.45) is 11.8 Å². The second-order valence-corrected chi connectivity index (χ2v) is 5.68. The largest absolute Gasteiger partial charge is 0.305 e. The van der Waals surface area contributed by atoms with E-state index in [4.69, 9.17) is 0 Å². The third-order valence-electron chi connectivity index (χ3n) is 3.64. The number of ketones is 1. The predicted octanol–water partition coefficient (Wildman–Crippen LogP) is 1.02. The Kier molecular flexibility index (Phi) is 6.15. The lowest BCUT2D eigenvalue weighted by atomic mass is 9.75. The van der Waals surface area contributed by atoms with Crippen LogP contribution in [0.15, 0.2) is 0 Å². The van der Waals surface area contributed by atoms with Crippen molar-refractivity contribution in [2.45, 2.75) is 58.5 Å². The first-order valence-corrected chi connectivity index (χ1v) is 6.98. The van der Waals surface area contributed by atoms with E-state index < -0.39 is 5.91 Å². The van der Waals surface area contributed by atoms with Gasteiger partial charge < -0.3 is 5.32 Å². The molecule has 1 aliphatic rings. The number of Topliss-reactive ketones (excluding diaryl/α,β-unsaturated/α-hetero) is 1. The Morgan fingerprint density at radius 2 is 1.89 bits per heavy atom. The van der Waals surface area contributed by atoms with Crippen molar-refractivity contribution in [2.75, 3.05) is 0 Å². The average Bonchev–Trinajstić information content (AvgIpc) is 2.24. The van der Waals surface area contributed by atoms with Gasteiger partial charge in [-0.15, -0.1) is 0 Å². The smallest absolute Gasteiger partial charge is 0.227 e. The minimum atomic E-state index is -0.396. The van der Waals surface area contributed by atoms with Crippen LogP contribution in [0.4, 0.5) is 0 Å². The molecule has 0 aromatic heterocycles. The molecule has 5 nitrogen and oxygen atoms in total. The van der Waals surface area contributed by atoms with Crippen molar-refractivity contribution in [1.82, 2.24) is 10.6 Å². The summed E-state index contributed by atoms with van der Waals surface area (Å²) < 4.78 is 0. The van der Waals surface area contributed by atoms with Crippen LogP contribution in [0.25, 0.3) is 0 Å². The second-order valence-electron chi connectivity index (χ2n) is 5.68. The van der Waals surface area contributed by atoms with Gasteiger partial charge in [0.1, 0.15) is 0 Å². The zero-order valence-electron chi connectivity index (χ0n) is 11.9. The van der Waals surface area contributed by atoms with Crippen molar-refractivity contribution in [1.29, 1.82) is 0 Å². The summed E-state index contributed by atoms with van der Waals surface area (Å²) in [4.78, 5) is 33.9. The molecule has 0 spiro atoms. The molecule has 2 N–H and O–H groups in total. The highest BCUT2D eigenvalue weighted by atomic mass is 16.2. The first-order chi connectivity index (χ1) is 8.95. The van der Waals surface area contributed by atoms with Crippen molar-refractivity contribution >= 4 is 18.1 Å². The first-order valence-electron chi connectivity index (χ1n) is 6.98. The molecule has 0 heterocycles. The highest BCUT2D eigenvalue weighted by molar-refractivity contribution is 5.93. The van der Waals surface area contributed by atoms with E-state index in [-0.39, 0.29) is 30.2 Å². The number of imide groups is 1. The van der Waals surface area contributed by atoms with Crippen molar-refractivity contribution in [3.63, 3.8) is 0 Å². The van der Waals surface area contributed by atoms with Gasteiger partial charge in [-0.3, -0.25) is 19.7 Å². The number of carbonyl (C=O) groups is 3. The summed E-state index contributed by atoms with van der Waals surface area (Å²) in [6.07, 6.45) is 3.75. The van der Waals surface area contributed by atoms with Crippen LogP contribution in [0.2, 0.25) is 0 Å². The maximum Gasteiger partial charge on any atom is 0.227 e. The standard InChI is InChI=1S/C14H24N2O3/c1-9(2)16-13(11-5-4-6-11)14(19)10(3)7-12(18)15-8-17/h8-11,13,16H,4-7H2,1-3H3,(H,15,17,18). The minimum Gasteiger partial charge on any atom is -0.305 e. The van der Waals surface area contributed by atoms with E-state index in [2.05, 4.69) is 10.6 Å². The topological polar surface area (TPSA) is 75.3 Å². The van der Waals surface area contributed by atoms with E-state index in [1.165, 1.54) is 6.42 Å². The van der Waals surface area contributed by atoms with Gasteiger partial charge in [0.25, 0.3) is 0 Å². The maximum absolute atomic E-state index is 12.4. The molecule has 19 heavy (non-hydrogen) atoms. The van der Waals surface area contributed by atoms with Crippen LogP contribution in [0.1, 0.15) is 46.5 Å². The van der Waals surface area contributed by atoms with E-state index in [0.717, 1.165) is 12.8 Å². The fraction of sp³-hybridized carbons (Fsp3) is 0.786. The predicted molar refractivity (Wildman–Crippen MR) is 72.4 cm³/mol. The molecule has 108 valence electrons. The van der Waals surface area contributed by atoms with Crippen LogP contribution in [-0.2, 0) is 14.4 Å². The summed E-state index contributed by atoms with van der Waals surface area (Å²) in [7, 11) is 0. The minimum absolute atomic E-state index is 0.0700. The normalized spacial score (nSPS) is 18.5. The van der Waals surface area contributed by atoms with Gasteiger partial charge in [-0.1, -0.05) is 27.2 Å². The maximum atomic E-state index is 12.4. The van der Waals surface area contributed by atoms with Crippen molar-refractivity contribution in [3.05, 3.63) is 0 Å². The Morgan fingerprint density at radius 3 is 2.32 bits per heavy atom. The van der Waals surface area contributed by atoms with E-state index in [1.54, 1.807) is 6.92 Å². The number of rotatable bonds is 8. The third-order valence-corrected chi connectivity index (χ3v) is 3.64. The van der Waals surface area contributed by atoms with Crippen LogP contribution in [0, 0.1) is 11.8 Å². The van der Waals surface area contributed by atoms with Gasteiger partial charge in [-0.05, 0) is 18.8 Å². The highest BCUT2D eigenvalue weighted by Gasteiger charge is 2.35. The van der Waals surface area contributed by atoms with E-state index in [1.807, 2.05) is 13.8 Å². The molecule has 0 saturated heterocycles. The fourth-order valence-electron chi connectivity index (χ4n) is 2.39. The van der Waals surface area contributed by atoms with Gasteiger partial charge in [0.15, 0.2) is 5.78 Å². The Balaban J connectivity index is 2.58. The van der Waals surface area contributed by atoms with Crippen LogP contribution in [0.5, 0.6) is 0 Å². The van der Waals surface area contributed by atoms with Gasteiger partial charge >= 0.3 is 0 Å². The summed E-state index contributed by atoms with van der Waals surface area (Å²) in [6, 6.07) is 0.0818. The molecule has 0 bridgehead atoms. The molecular weight excluding hydrogens is 244 g/mol. The number of nitrogens with one attached hydrogen (secondary N) is 2. The molecule has 0 aliphatic heterocycles. The zero-order valence-corrected chi connectivity index (χ0v) is 11.9. The molecule has 5 heteroatoms. The van der Waals surface area contributed by atoms with Gasteiger partial charge in [-0.2, -0.15) is 0 Å². The van der Waals surface area contributed by atoms with Gasteiger partial charge in [0.2, 0.25) is 12.3 Å². The molecular formula is C14H24N2O3. The summed E-state index contributed by atoms with van der Waals surface area (Å²) in [5.41, 5.74) is 0. The Hall–Kier alpha value is -1.23. The Morgan fingerprint density at radius 1 is 1.26 bits per heavy atom. The van der Waals surface area contributed by atoms with Crippen LogP contribution in [-0.4, -0.2) is 30.2 Å². The van der Waals surface area contributed by atoms with Crippen LogP contribution >= 0.6 is 0 Å². The van der Waals surface area contributed by atoms with Crippen LogP contribution in [0.3, 0.4) is 0 Å². The summed E-state index contributed by atoms with van der Waals surface area (Å²) in [5, 5.41) is 5.39. The van der Waals surface area contributed by atoms with Crippen molar-refractivity contribution in [3.8, 4) is 0 Å². The molecule has 0 aromatic carbocycles. The number of carbonyl (C=O) groups excluding carboxylic acids is 3. The molecule has 2 atom stereocenters. The third kappa shape index (κ3) is 4.74. The molecule has 1 rings (SSSR count). The van der Waals surface area contributed by atoms with E-state index in [9.17, 15) is 14.4 Å². The highest BCUT2D eigenvalue weighted by Crippen LogP contribution is 2.31. The van der Waals surface area contributed by atoms with Gasteiger partial charge in [0.05, 0.1) is 6.04 Å².